The number of ether oxygens (including phenoxy) is 1. The molecule has 4 heteroatoms. The lowest BCUT2D eigenvalue weighted by Crippen LogP contribution is -2.50. The predicted octanol–water partition coefficient (Wildman–Crippen LogP) is 1.45. The predicted molar refractivity (Wildman–Crippen MR) is 71.4 cm³/mol. The lowest BCUT2D eigenvalue weighted by atomic mass is 9.66. The van der Waals surface area contributed by atoms with Crippen molar-refractivity contribution >= 4 is 5.91 Å². The molecule has 1 unspecified atom stereocenters. The molecule has 2 aliphatic rings. The highest BCUT2D eigenvalue weighted by molar-refractivity contribution is 5.81. The summed E-state index contributed by atoms with van der Waals surface area (Å²) in [5, 5.41) is 6.44. The maximum absolute atomic E-state index is 12.1. The van der Waals surface area contributed by atoms with Crippen LogP contribution >= 0.6 is 0 Å². The van der Waals surface area contributed by atoms with Crippen molar-refractivity contribution in [1.82, 2.24) is 10.6 Å². The standard InChI is InChI=1S/C14H26N2O2/c1-18-10-8-14(6-4-7-14)11-16-13(17)12-5-2-3-9-15-12/h12,15H,2-11H2,1H3,(H,16,17). The summed E-state index contributed by atoms with van der Waals surface area (Å²) in [5.41, 5.74) is 0.320. The Hall–Kier alpha value is -0.610. The van der Waals surface area contributed by atoms with Gasteiger partial charge in [-0.3, -0.25) is 4.79 Å². The van der Waals surface area contributed by atoms with Crippen molar-refractivity contribution in [2.75, 3.05) is 26.8 Å². The third-order valence-electron chi connectivity index (χ3n) is 4.52. The monoisotopic (exact) mass is 254 g/mol. The maximum Gasteiger partial charge on any atom is 0.237 e. The van der Waals surface area contributed by atoms with Gasteiger partial charge in [-0.25, -0.2) is 0 Å². The van der Waals surface area contributed by atoms with Crippen molar-refractivity contribution in [2.24, 2.45) is 5.41 Å². The van der Waals surface area contributed by atoms with E-state index in [1.807, 2.05) is 0 Å². The van der Waals surface area contributed by atoms with E-state index in [4.69, 9.17) is 4.74 Å². The zero-order chi connectivity index (χ0) is 12.8. The van der Waals surface area contributed by atoms with E-state index in [-0.39, 0.29) is 11.9 Å². The minimum Gasteiger partial charge on any atom is -0.385 e. The second kappa shape index (κ2) is 6.53. The number of carbonyl (C=O) groups excluding carboxylic acids is 1. The Kier molecular flexibility index (Phi) is 5.01. The number of hydrogen-bond donors (Lipinski definition) is 2. The van der Waals surface area contributed by atoms with Crippen molar-refractivity contribution in [3.8, 4) is 0 Å². The summed E-state index contributed by atoms with van der Waals surface area (Å²) < 4.78 is 5.17. The summed E-state index contributed by atoms with van der Waals surface area (Å²) in [6, 6.07) is 0.0401. The van der Waals surface area contributed by atoms with Crippen LogP contribution in [-0.4, -0.2) is 38.8 Å². The smallest absolute Gasteiger partial charge is 0.237 e. The minimum absolute atomic E-state index is 0.0401. The molecule has 0 aromatic heterocycles. The van der Waals surface area contributed by atoms with Gasteiger partial charge in [0.05, 0.1) is 6.04 Å². The van der Waals surface area contributed by atoms with Gasteiger partial charge in [0.2, 0.25) is 5.91 Å². The number of amides is 1. The number of carbonyl (C=O) groups is 1. The van der Waals surface area contributed by atoms with Gasteiger partial charge in [0, 0.05) is 20.3 Å². The molecular weight excluding hydrogens is 228 g/mol. The second-order valence-electron chi connectivity index (χ2n) is 5.82. The molecule has 18 heavy (non-hydrogen) atoms. The van der Waals surface area contributed by atoms with Gasteiger partial charge in [0.15, 0.2) is 0 Å². The molecule has 1 heterocycles. The van der Waals surface area contributed by atoms with E-state index in [0.717, 1.165) is 32.5 Å². The highest BCUT2D eigenvalue weighted by Crippen LogP contribution is 2.43. The van der Waals surface area contributed by atoms with Crippen LogP contribution in [-0.2, 0) is 9.53 Å². The molecule has 4 nitrogen and oxygen atoms in total. The fourth-order valence-corrected chi connectivity index (χ4v) is 2.98. The molecule has 1 aliphatic heterocycles. The summed E-state index contributed by atoms with van der Waals surface area (Å²) in [4.78, 5) is 12.1. The Balaban J connectivity index is 1.73. The number of piperidine rings is 1. The Bertz CT molecular complexity index is 271. The van der Waals surface area contributed by atoms with Gasteiger partial charge < -0.3 is 15.4 Å². The normalized spacial score (nSPS) is 26.4. The molecule has 0 aromatic rings. The molecule has 1 saturated heterocycles. The quantitative estimate of drug-likeness (QED) is 0.754. The molecule has 2 fully saturated rings. The van der Waals surface area contributed by atoms with Crippen LogP contribution in [0, 0.1) is 5.41 Å². The van der Waals surface area contributed by atoms with Crippen molar-refractivity contribution in [3.63, 3.8) is 0 Å². The van der Waals surface area contributed by atoms with Gasteiger partial charge in [-0.15, -0.1) is 0 Å². The Morgan fingerprint density at radius 3 is 2.78 bits per heavy atom. The van der Waals surface area contributed by atoms with Crippen LogP contribution in [0.25, 0.3) is 0 Å². The molecule has 0 aromatic carbocycles. The summed E-state index contributed by atoms with van der Waals surface area (Å²) in [7, 11) is 1.75. The van der Waals surface area contributed by atoms with Crippen LogP contribution in [0.3, 0.4) is 0 Å². The fraction of sp³-hybridized carbons (Fsp3) is 0.929. The van der Waals surface area contributed by atoms with Crippen LogP contribution in [0.1, 0.15) is 44.9 Å². The first-order valence-corrected chi connectivity index (χ1v) is 7.26. The van der Waals surface area contributed by atoms with Gasteiger partial charge >= 0.3 is 0 Å². The van der Waals surface area contributed by atoms with Crippen LogP contribution in [0.4, 0.5) is 0 Å². The van der Waals surface area contributed by atoms with E-state index in [2.05, 4.69) is 10.6 Å². The average Bonchev–Trinajstić information content (AvgIpc) is 2.38. The van der Waals surface area contributed by atoms with Gasteiger partial charge in [-0.2, -0.15) is 0 Å². The van der Waals surface area contributed by atoms with Gasteiger partial charge in [0.1, 0.15) is 0 Å². The van der Waals surface area contributed by atoms with E-state index in [9.17, 15) is 4.79 Å². The van der Waals surface area contributed by atoms with Crippen LogP contribution in [0.15, 0.2) is 0 Å². The first-order valence-electron chi connectivity index (χ1n) is 7.26. The molecule has 0 radical (unpaired) electrons. The van der Waals surface area contributed by atoms with E-state index < -0.39 is 0 Å². The zero-order valence-corrected chi connectivity index (χ0v) is 11.5. The summed E-state index contributed by atoms with van der Waals surface area (Å²) in [6.07, 6.45) is 8.17. The molecule has 2 N–H and O–H groups in total. The molecular formula is C14H26N2O2. The Morgan fingerprint density at radius 2 is 2.22 bits per heavy atom. The molecule has 1 aliphatic carbocycles. The molecule has 104 valence electrons. The highest BCUT2D eigenvalue weighted by atomic mass is 16.5. The van der Waals surface area contributed by atoms with Crippen LogP contribution in [0.5, 0.6) is 0 Å². The SMILES string of the molecule is COCCC1(CNC(=O)C2CCCCN2)CCC1. The van der Waals surface area contributed by atoms with Crippen molar-refractivity contribution in [1.29, 1.82) is 0 Å². The van der Waals surface area contributed by atoms with Gasteiger partial charge in [-0.1, -0.05) is 12.8 Å². The third-order valence-corrected chi connectivity index (χ3v) is 4.52. The number of methoxy groups -OCH3 is 1. The molecule has 1 amide bonds. The van der Waals surface area contributed by atoms with E-state index in [0.29, 0.717) is 5.41 Å². The summed E-state index contributed by atoms with van der Waals surface area (Å²) in [5.74, 6) is 0.193. The number of rotatable bonds is 6. The minimum atomic E-state index is 0.0401. The maximum atomic E-state index is 12.1. The summed E-state index contributed by atoms with van der Waals surface area (Å²) in [6.45, 7) is 2.61. The van der Waals surface area contributed by atoms with E-state index in [1.165, 1.54) is 32.1 Å². The molecule has 0 bridgehead atoms. The summed E-state index contributed by atoms with van der Waals surface area (Å²) >= 11 is 0. The van der Waals surface area contributed by atoms with Crippen molar-refractivity contribution in [3.05, 3.63) is 0 Å². The molecule has 0 spiro atoms. The molecule has 2 rings (SSSR count). The first kappa shape index (κ1) is 13.8. The number of hydrogen-bond acceptors (Lipinski definition) is 3. The van der Waals surface area contributed by atoms with Crippen molar-refractivity contribution < 1.29 is 9.53 Å². The zero-order valence-electron chi connectivity index (χ0n) is 11.5. The van der Waals surface area contributed by atoms with Gasteiger partial charge in [0.25, 0.3) is 0 Å². The Morgan fingerprint density at radius 1 is 1.39 bits per heavy atom. The largest absolute Gasteiger partial charge is 0.385 e. The third kappa shape index (κ3) is 3.45. The Labute approximate surface area is 110 Å². The second-order valence-corrected chi connectivity index (χ2v) is 5.82. The highest BCUT2D eigenvalue weighted by Gasteiger charge is 2.37. The fourth-order valence-electron chi connectivity index (χ4n) is 2.98. The van der Waals surface area contributed by atoms with Gasteiger partial charge in [-0.05, 0) is 44.1 Å². The van der Waals surface area contributed by atoms with Crippen molar-refractivity contribution in [2.45, 2.75) is 51.0 Å². The number of nitrogens with one attached hydrogen (secondary N) is 2. The van der Waals surface area contributed by atoms with E-state index >= 15 is 0 Å². The molecule has 1 saturated carbocycles. The lowest BCUT2D eigenvalue weighted by molar-refractivity contribution is -0.124. The first-order chi connectivity index (χ1) is 8.76. The lowest BCUT2D eigenvalue weighted by Gasteiger charge is -2.42. The van der Waals surface area contributed by atoms with E-state index in [1.54, 1.807) is 7.11 Å². The average molecular weight is 254 g/mol. The van der Waals surface area contributed by atoms with Crippen LogP contribution < -0.4 is 10.6 Å². The van der Waals surface area contributed by atoms with Crippen LogP contribution in [0.2, 0.25) is 0 Å². The molecule has 1 atom stereocenters. The topological polar surface area (TPSA) is 50.4 Å².